The Kier molecular flexibility index (Phi) is 4.51. The van der Waals surface area contributed by atoms with Crippen molar-refractivity contribution < 1.29 is 9.53 Å². The van der Waals surface area contributed by atoms with E-state index in [1.807, 2.05) is 6.07 Å². The number of carbonyl (C=O) groups is 1. The third kappa shape index (κ3) is 4.36. The van der Waals surface area contributed by atoms with E-state index in [1.54, 1.807) is 48.5 Å². The van der Waals surface area contributed by atoms with Crippen molar-refractivity contribution in [3.8, 4) is 17.6 Å². The molecule has 0 atom stereocenters. The first kappa shape index (κ1) is 14.1. The fourth-order valence-corrected chi connectivity index (χ4v) is 1.53. The molecule has 6 heteroatoms. The SMILES string of the molecule is N#Cc1ccc(Oc2ccc(/C=N\NC(N)=O)cc2)cc1. The van der Waals surface area contributed by atoms with E-state index in [2.05, 4.69) is 10.5 Å². The van der Waals surface area contributed by atoms with Crippen molar-refractivity contribution in [2.24, 2.45) is 10.8 Å². The van der Waals surface area contributed by atoms with E-state index in [-0.39, 0.29) is 0 Å². The van der Waals surface area contributed by atoms with Crippen LogP contribution in [0.1, 0.15) is 11.1 Å². The molecule has 2 aromatic carbocycles. The lowest BCUT2D eigenvalue weighted by atomic mass is 10.2. The topological polar surface area (TPSA) is 100 Å². The summed E-state index contributed by atoms with van der Waals surface area (Å²) in [6.07, 6.45) is 1.47. The first-order valence-electron chi connectivity index (χ1n) is 6.04. The van der Waals surface area contributed by atoms with Crippen LogP contribution < -0.4 is 15.9 Å². The number of benzene rings is 2. The maximum Gasteiger partial charge on any atom is 0.332 e. The molecule has 3 N–H and O–H groups in total. The van der Waals surface area contributed by atoms with Gasteiger partial charge in [0.25, 0.3) is 0 Å². The van der Waals surface area contributed by atoms with Crippen molar-refractivity contribution in [1.82, 2.24) is 5.43 Å². The number of nitrogens with two attached hydrogens (primary N) is 1. The number of primary amides is 1. The van der Waals surface area contributed by atoms with Crippen molar-refractivity contribution in [2.45, 2.75) is 0 Å². The van der Waals surface area contributed by atoms with Gasteiger partial charge < -0.3 is 10.5 Å². The molecule has 2 amide bonds. The van der Waals surface area contributed by atoms with Crippen LogP contribution in [0, 0.1) is 11.3 Å². The fraction of sp³-hybridized carbons (Fsp3) is 0. The predicted molar refractivity (Wildman–Crippen MR) is 78.0 cm³/mol. The molecule has 6 nitrogen and oxygen atoms in total. The zero-order valence-corrected chi connectivity index (χ0v) is 11.0. The lowest BCUT2D eigenvalue weighted by molar-refractivity contribution is 0.249. The second kappa shape index (κ2) is 6.73. The predicted octanol–water partition coefficient (Wildman–Crippen LogP) is 2.35. The van der Waals surface area contributed by atoms with E-state index in [4.69, 9.17) is 15.7 Å². The van der Waals surface area contributed by atoms with Crippen molar-refractivity contribution in [2.75, 3.05) is 0 Å². The molecule has 0 saturated heterocycles. The molecular formula is C15H12N4O2. The highest BCUT2D eigenvalue weighted by Crippen LogP contribution is 2.21. The minimum atomic E-state index is -0.716. The van der Waals surface area contributed by atoms with Gasteiger partial charge in [0.15, 0.2) is 0 Å². The van der Waals surface area contributed by atoms with E-state index in [0.29, 0.717) is 17.1 Å². The molecule has 2 rings (SSSR count). The summed E-state index contributed by atoms with van der Waals surface area (Å²) < 4.78 is 5.63. The van der Waals surface area contributed by atoms with Gasteiger partial charge in [0, 0.05) is 0 Å². The molecule has 0 saturated carbocycles. The summed E-state index contributed by atoms with van der Waals surface area (Å²) in [5, 5.41) is 12.4. The summed E-state index contributed by atoms with van der Waals surface area (Å²) in [6, 6.07) is 15.3. The Morgan fingerprint density at radius 3 is 2.24 bits per heavy atom. The van der Waals surface area contributed by atoms with Crippen molar-refractivity contribution in [3.63, 3.8) is 0 Å². The van der Waals surface area contributed by atoms with Crippen LogP contribution in [0.5, 0.6) is 11.5 Å². The lowest BCUT2D eigenvalue weighted by Gasteiger charge is -2.05. The monoisotopic (exact) mass is 280 g/mol. The molecule has 0 aliphatic carbocycles. The summed E-state index contributed by atoms with van der Waals surface area (Å²) in [5.41, 5.74) is 8.36. The number of rotatable bonds is 4. The zero-order valence-electron chi connectivity index (χ0n) is 11.0. The molecule has 0 unspecified atom stereocenters. The number of carbonyl (C=O) groups excluding carboxylic acids is 1. The van der Waals surface area contributed by atoms with Crippen LogP contribution in [0.3, 0.4) is 0 Å². The van der Waals surface area contributed by atoms with Gasteiger partial charge in [-0.3, -0.25) is 0 Å². The number of nitrogens with zero attached hydrogens (tertiary/aromatic N) is 2. The first-order valence-corrected chi connectivity index (χ1v) is 6.04. The zero-order chi connectivity index (χ0) is 15.1. The highest BCUT2D eigenvalue weighted by atomic mass is 16.5. The number of nitriles is 1. The van der Waals surface area contributed by atoms with Gasteiger partial charge in [-0.2, -0.15) is 10.4 Å². The van der Waals surface area contributed by atoms with E-state index >= 15 is 0 Å². The molecule has 0 aliphatic heterocycles. The molecule has 0 aliphatic rings. The van der Waals surface area contributed by atoms with Crippen LogP contribution in [0.4, 0.5) is 4.79 Å². The molecule has 0 fully saturated rings. The molecule has 0 aromatic heterocycles. The van der Waals surface area contributed by atoms with Crippen LogP contribution in [-0.4, -0.2) is 12.2 Å². The number of hydrogen-bond acceptors (Lipinski definition) is 4. The number of urea groups is 1. The second-order valence-electron chi connectivity index (χ2n) is 4.04. The number of hydrogen-bond donors (Lipinski definition) is 2. The van der Waals surface area contributed by atoms with E-state index in [1.165, 1.54) is 6.21 Å². The fourth-order valence-electron chi connectivity index (χ4n) is 1.53. The molecule has 0 radical (unpaired) electrons. The average molecular weight is 280 g/mol. The van der Waals surface area contributed by atoms with Crippen molar-refractivity contribution in [3.05, 3.63) is 59.7 Å². The van der Waals surface area contributed by atoms with E-state index in [0.717, 1.165) is 5.56 Å². The Balaban J connectivity index is 2.00. The minimum absolute atomic E-state index is 0.580. The van der Waals surface area contributed by atoms with Gasteiger partial charge in [-0.05, 0) is 54.1 Å². The molecular weight excluding hydrogens is 268 g/mol. The Morgan fingerprint density at radius 1 is 1.14 bits per heavy atom. The first-order chi connectivity index (χ1) is 10.2. The Labute approximate surface area is 121 Å². The smallest absolute Gasteiger partial charge is 0.332 e. The number of nitrogens with one attached hydrogen (secondary N) is 1. The molecule has 0 bridgehead atoms. The maximum atomic E-state index is 10.4. The Bertz CT molecular complexity index is 685. The van der Waals surface area contributed by atoms with Gasteiger partial charge in [-0.15, -0.1) is 0 Å². The van der Waals surface area contributed by atoms with Gasteiger partial charge in [0.05, 0.1) is 17.8 Å². The van der Waals surface area contributed by atoms with Crippen LogP contribution >= 0.6 is 0 Å². The highest BCUT2D eigenvalue weighted by Gasteiger charge is 1.98. The van der Waals surface area contributed by atoms with Gasteiger partial charge in [0.1, 0.15) is 11.5 Å². The van der Waals surface area contributed by atoms with Gasteiger partial charge in [0.2, 0.25) is 0 Å². The van der Waals surface area contributed by atoms with Crippen LogP contribution in [-0.2, 0) is 0 Å². The molecule has 21 heavy (non-hydrogen) atoms. The Hall–Kier alpha value is -3.33. The van der Waals surface area contributed by atoms with Crippen molar-refractivity contribution in [1.29, 1.82) is 5.26 Å². The van der Waals surface area contributed by atoms with E-state index < -0.39 is 6.03 Å². The van der Waals surface area contributed by atoms with Crippen LogP contribution in [0.15, 0.2) is 53.6 Å². The van der Waals surface area contributed by atoms with Crippen molar-refractivity contribution >= 4 is 12.2 Å². The quantitative estimate of drug-likeness (QED) is 0.664. The van der Waals surface area contributed by atoms with Gasteiger partial charge >= 0.3 is 6.03 Å². The molecule has 2 aromatic rings. The minimum Gasteiger partial charge on any atom is -0.457 e. The summed E-state index contributed by atoms with van der Waals surface area (Å²) in [5.74, 6) is 1.30. The second-order valence-corrected chi connectivity index (χ2v) is 4.04. The third-order valence-electron chi connectivity index (χ3n) is 2.49. The molecule has 0 spiro atoms. The summed E-state index contributed by atoms with van der Waals surface area (Å²) in [7, 11) is 0. The van der Waals surface area contributed by atoms with Crippen LogP contribution in [0.25, 0.3) is 0 Å². The third-order valence-corrected chi connectivity index (χ3v) is 2.49. The van der Waals surface area contributed by atoms with E-state index in [9.17, 15) is 4.79 Å². The molecule has 104 valence electrons. The normalized spacial score (nSPS) is 10.0. The number of ether oxygens (including phenoxy) is 1. The van der Waals surface area contributed by atoms with Gasteiger partial charge in [-0.25, -0.2) is 10.2 Å². The summed E-state index contributed by atoms with van der Waals surface area (Å²) in [6.45, 7) is 0. The largest absolute Gasteiger partial charge is 0.457 e. The molecule has 0 heterocycles. The van der Waals surface area contributed by atoms with Gasteiger partial charge in [-0.1, -0.05) is 0 Å². The summed E-state index contributed by atoms with van der Waals surface area (Å²) in [4.78, 5) is 10.4. The number of amides is 2. The average Bonchev–Trinajstić information content (AvgIpc) is 2.49. The summed E-state index contributed by atoms with van der Waals surface area (Å²) >= 11 is 0. The lowest BCUT2D eigenvalue weighted by Crippen LogP contribution is -2.24. The standard InChI is InChI=1S/C15H12N4O2/c16-9-11-1-5-13(6-2-11)21-14-7-3-12(4-8-14)10-18-19-15(17)20/h1-8,10H,(H3,17,19,20)/b18-10-. The number of hydrazone groups is 1. The van der Waals surface area contributed by atoms with Crippen LogP contribution in [0.2, 0.25) is 0 Å². The highest BCUT2D eigenvalue weighted by molar-refractivity contribution is 5.81. The Morgan fingerprint density at radius 2 is 1.71 bits per heavy atom. The maximum absolute atomic E-state index is 10.4.